The van der Waals surface area contributed by atoms with Gasteiger partial charge in [0.25, 0.3) is 5.56 Å². The van der Waals surface area contributed by atoms with E-state index in [1.165, 1.54) is 6.07 Å². The fraction of sp³-hybridized carbons (Fsp3) is 0.688. The van der Waals surface area contributed by atoms with Crippen LogP contribution in [-0.2, 0) is 12.8 Å². The second-order valence-electron chi connectivity index (χ2n) is 6.83. The monoisotopic (exact) mass is 265 g/mol. The summed E-state index contributed by atoms with van der Waals surface area (Å²) in [4.78, 5) is 11.7. The highest BCUT2D eigenvalue weighted by atomic mass is 16.5. The molecule has 0 bridgehead atoms. The van der Waals surface area contributed by atoms with E-state index < -0.39 is 0 Å². The van der Waals surface area contributed by atoms with E-state index in [1.54, 1.807) is 0 Å². The molecule has 1 atom stereocenters. The fourth-order valence-corrected chi connectivity index (χ4v) is 2.73. The summed E-state index contributed by atoms with van der Waals surface area (Å²) in [6.45, 7) is 10.9. The highest BCUT2D eigenvalue weighted by Gasteiger charge is 2.17. The molecule has 0 radical (unpaired) electrons. The third-order valence-electron chi connectivity index (χ3n) is 3.20. The number of nitrogens with zero attached hydrogens (tertiary/aromatic N) is 1. The molecule has 0 aliphatic rings. The molecule has 0 amide bonds. The summed E-state index contributed by atoms with van der Waals surface area (Å²) < 4.78 is 0.804. The van der Waals surface area contributed by atoms with Gasteiger partial charge < -0.3 is 5.21 Å². The lowest BCUT2D eigenvalue weighted by Gasteiger charge is -2.23. The van der Waals surface area contributed by atoms with E-state index in [2.05, 4.69) is 34.6 Å². The van der Waals surface area contributed by atoms with E-state index in [-0.39, 0.29) is 11.0 Å². The lowest BCUT2D eigenvalue weighted by Crippen LogP contribution is -2.23. The Bertz CT molecular complexity index is 469. The van der Waals surface area contributed by atoms with Crippen molar-refractivity contribution in [3.8, 4) is 0 Å². The first-order chi connectivity index (χ1) is 8.73. The van der Waals surface area contributed by atoms with Gasteiger partial charge in [0, 0.05) is 6.07 Å². The summed E-state index contributed by atoms with van der Waals surface area (Å²) in [5, 5.41) is 9.84. The zero-order valence-corrected chi connectivity index (χ0v) is 12.9. The van der Waals surface area contributed by atoms with Crippen molar-refractivity contribution in [2.24, 2.45) is 11.3 Å². The van der Waals surface area contributed by atoms with E-state index in [0.29, 0.717) is 5.92 Å². The molecule has 1 aromatic rings. The fourth-order valence-electron chi connectivity index (χ4n) is 2.73. The van der Waals surface area contributed by atoms with Crippen LogP contribution >= 0.6 is 0 Å². The minimum Gasteiger partial charge on any atom is -0.425 e. The average molecular weight is 265 g/mol. The molecule has 0 saturated heterocycles. The van der Waals surface area contributed by atoms with Gasteiger partial charge in [0.1, 0.15) is 0 Å². The van der Waals surface area contributed by atoms with Gasteiger partial charge in [-0.1, -0.05) is 41.0 Å². The third kappa shape index (κ3) is 5.09. The van der Waals surface area contributed by atoms with Gasteiger partial charge in [0.2, 0.25) is 0 Å². The van der Waals surface area contributed by atoms with E-state index >= 15 is 0 Å². The van der Waals surface area contributed by atoms with Gasteiger partial charge in [-0.05, 0) is 42.2 Å². The van der Waals surface area contributed by atoms with Gasteiger partial charge in [-0.25, -0.2) is 0 Å². The molecule has 0 aliphatic carbocycles. The van der Waals surface area contributed by atoms with Crippen molar-refractivity contribution in [2.75, 3.05) is 0 Å². The van der Waals surface area contributed by atoms with Gasteiger partial charge in [-0.2, -0.15) is 4.73 Å². The van der Waals surface area contributed by atoms with Crippen LogP contribution in [0.2, 0.25) is 0 Å². The van der Waals surface area contributed by atoms with Crippen LogP contribution in [-0.4, -0.2) is 9.94 Å². The molecule has 0 saturated carbocycles. The molecule has 1 heterocycles. The Morgan fingerprint density at radius 2 is 1.95 bits per heavy atom. The van der Waals surface area contributed by atoms with Crippen LogP contribution in [0.15, 0.2) is 16.9 Å². The number of aryl methyl sites for hydroxylation is 1. The first kappa shape index (κ1) is 15.8. The molecule has 1 aromatic heterocycles. The number of hydrogen-bond acceptors (Lipinski definition) is 2. The maximum absolute atomic E-state index is 11.7. The lowest BCUT2D eigenvalue weighted by atomic mass is 9.83. The summed E-state index contributed by atoms with van der Waals surface area (Å²) in [5.74, 6) is 0.440. The molecule has 1 N–H and O–H groups in total. The highest BCUT2D eigenvalue weighted by Crippen LogP contribution is 2.26. The molecular formula is C16H27NO2. The average Bonchev–Trinajstić information content (AvgIpc) is 2.23. The van der Waals surface area contributed by atoms with Crippen molar-refractivity contribution in [2.45, 2.75) is 60.3 Å². The van der Waals surface area contributed by atoms with E-state index in [9.17, 15) is 10.0 Å². The zero-order chi connectivity index (χ0) is 14.6. The maximum Gasteiger partial charge on any atom is 0.283 e. The van der Waals surface area contributed by atoms with E-state index in [1.807, 2.05) is 6.07 Å². The molecule has 0 fully saturated rings. The molecule has 0 aliphatic heterocycles. The van der Waals surface area contributed by atoms with Gasteiger partial charge in [-0.15, -0.1) is 0 Å². The van der Waals surface area contributed by atoms with Crippen LogP contribution in [0.1, 0.15) is 58.7 Å². The molecule has 19 heavy (non-hydrogen) atoms. The minimum atomic E-state index is -0.316. The van der Waals surface area contributed by atoms with Gasteiger partial charge in [0.05, 0.1) is 5.69 Å². The molecule has 1 rings (SSSR count). The van der Waals surface area contributed by atoms with Gasteiger partial charge in [-0.3, -0.25) is 4.79 Å². The molecule has 3 nitrogen and oxygen atoms in total. The summed E-state index contributed by atoms with van der Waals surface area (Å²) in [6.07, 6.45) is 3.70. The number of rotatable bonds is 5. The highest BCUT2D eigenvalue weighted by molar-refractivity contribution is 5.18. The van der Waals surface area contributed by atoms with Crippen molar-refractivity contribution in [1.29, 1.82) is 0 Å². The first-order valence-electron chi connectivity index (χ1n) is 7.17. The lowest BCUT2D eigenvalue weighted by molar-refractivity contribution is 0.160. The first-order valence-corrected chi connectivity index (χ1v) is 7.17. The van der Waals surface area contributed by atoms with E-state index in [4.69, 9.17) is 0 Å². The smallest absolute Gasteiger partial charge is 0.283 e. The van der Waals surface area contributed by atoms with E-state index in [0.717, 1.165) is 41.7 Å². The molecule has 1 unspecified atom stereocenters. The SMILES string of the molecule is CCCc1cc(CC(C)CC(C)(C)C)n(O)c(=O)c1. The molecule has 108 valence electrons. The second kappa shape index (κ2) is 6.27. The summed E-state index contributed by atoms with van der Waals surface area (Å²) in [7, 11) is 0. The number of aromatic nitrogens is 1. The number of hydrogen-bond donors (Lipinski definition) is 1. The van der Waals surface area contributed by atoms with Crippen molar-refractivity contribution in [3.05, 3.63) is 33.7 Å². The van der Waals surface area contributed by atoms with Crippen LogP contribution in [0.4, 0.5) is 0 Å². The largest absolute Gasteiger partial charge is 0.425 e. The van der Waals surface area contributed by atoms with Crippen molar-refractivity contribution in [3.63, 3.8) is 0 Å². The van der Waals surface area contributed by atoms with Crippen molar-refractivity contribution >= 4 is 0 Å². The van der Waals surface area contributed by atoms with Crippen molar-refractivity contribution in [1.82, 2.24) is 4.73 Å². The zero-order valence-electron chi connectivity index (χ0n) is 12.9. The summed E-state index contributed by atoms with van der Waals surface area (Å²) in [5.41, 5.74) is 1.70. The summed E-state index contributed by atoms with van der Waals surface area (Å²) in [6, 6.07) is 3.49. The molecule has 0 spiro atoms. The van der Waals surface area contributed by atoms with Crippen LogP contribution in [0.5, 0.6) is 0 Å². The Morgan fingerprint density at radius 3 is 2.47 bits per heavy atom. The topological polar surface area (TPSA) is 42.2 Å². The Labute approximate surface area is 116 Å². The minimum absolute atomic E-state index is 0.265. The Kier molecular flexibility index (Phi) is 5.21. The Hall–Kier alpha value is -1.25. The Balaban J connectivity index is 2.90. The third-order valence-corrected chi connectivity index (χ3v) is 3.20. The quantitative estimate of drug-likeness (QED) is 0.826. The van der Waals surface area contributed by atoms with Crippen LogP contribution in [0.3, 0.4) is 0 Å². The van der Waals surface area contributed by atoms with Gasteiger partial charge >= 0.3 is 0 Å². The number of pyridine rings is 1. The van der Waals surface area contributed by atoms with Crippen LogP contribution in [0, 0.1) is 11.3 Å². The standard InChI is InChI=1S/C16H27NO2/c1-6-7-13-9-14(17(19)15(18)10-13)8-12(2)11-16(3,4)5/h9-10,12,19H,6-8,11H2,1-5H3. The van der Waals surface area contributed by atoms with Crippen LogP contribution < -0.4 is 5.56 Å². The molecule has 0 aromatic carbocycles. The normalized spacial score (nSPS) is 13.5. The molecular weight excluding hydrogens is 238 g/mol. The van der Waals surface area contributed by atoms with Gasteiger partial charge in [0.15, 0.2) is 0 Å². The predicted octanol–water partition coefficient (Wildman–Crippen LogP) is 3.65. The second-order valence-corrected chi connectivity index (χ2v) is 6.83. The molecule has 3 heteroatoms. The summed E-state index contributed by atoms with van der Waals surface area (Å²) >= 11 is 0. The predicted molar refractivity (Wildman–Crippen MR) is 78.8 cm³/mol. The Morgan fingerprint density at radius 1 is 1.32 bits per heavy atom. The van der Waals surface area contributed by atoms with Crippen molar-refractivity contribution < 1.29 is 5.21 Å². The van der Waals surface area contributed by atoms with Crippen LogP contribution in [0.25, 0.3) is 0 Å². The maximum atomic E-state index is 11.7.